The molecular formula is C15H13FO. The van der Waals surface area contributed by atoms with Gasteiger partial charge in [0.05, 0.1) is 13.4 Å². The SMILES string of the molecule is COc1ccc(-c2ccc(/C=C/F)cc2)cc1. The molecule has 2 rings (SSSR count). The first-order valence-corrected chi connectivity index (χ1v) is 5.35. The first-order chi connectivity index (χ1) is 8.33. The Morgan fingerprint density at radius 3 is 1.88 bits per heavy atom. The molecule has 0 aromatic heterocycles. The van der Waals surface area contributed by atoms with Gasteiger partial charge in [0.25, 0.3) is 0 Å². The molecule has 0 atom stereocenters. The van der Waals surface area contributed by atoms with Crippen molar-refractivity contribution in [2.24, 2.45) is 0 Å². The van der Waals surface area contributed by atoms with Crippen LogP contribution in [0.4, 0.5) is 4.39 Å². The van der Waals surface area contributed by atoms with Crippen LogP contribution >= 0.6 is 0 Å². The molecule has 2 heteroatoms. The smallest absolute Gasteiger partial charge is 0.118 e. The summed E-state index contributed by atoms with van der Waals surface area (Å²) in [5.74, 6) is 0.839. The van der Waals surface area contributed by atoms with Gasteiger partial charge in [-0.1, -0.05) is 36.4 Å². The Bertz CT molecular complexity index is 497. The maximum atomic E-state index is 12.0. The van der Waals surface area contributed by atoms with Crippen molar-refractivity contribution in [2.75, 3.05) is 7.11 Å². The Morgan fingerprint density at radius 1 is 0.882 bits per heavy atom. The van der Waals surface area contributed by atoms with E-state index in [4.69, 9.17) is 4.74 Å². The number of halogens is 1. The molecule has 0 saturated carbocycles. The fourth-order valence-electron chi connectivity index (χ4n) is 1.64. The van der Waals surface area contributed by atoms with Crippen LogP contribution < -0.4 is 4.74 Å². The average molecular weight is 228 g/mol. The highest BCUT2D eigenvalue weighted by atomic mass is 19.1. The number of rotatable bonds is 3. The Labute approximate surface area is 100 Å². The van der Waals surface area contributed by atoms with E-state index in [1.165, 1.54) is 6.08 Å². The van der Waals surface area contributed by atoms with Crippen LogP contribution in [-0.4, -0.2) is 7.11 Å². The van der Waals surface area contributed by atoms with Crippen LogP contribution in [0.3, 0.4) is 0 Å². The highest BCUT2D eigenvalue weighted by molar-refractivity contribution is 5.66. The van der Waals surface area contributed by atoms with Crippen LogP contribution in [-0.2, 0) is 0 Å². The third-order valence-electron chi connectivity index (χ3n) is 2.59. The molecule has 0 bridgehead atoms. The van der Waals surface area contributed by atoms with E-state index in [0.717, 1.165) is 22.4 Å². The third-order valence-corrected chi connectivity index (χ3v) is 2.59. The average Bonchev–Trinajstić information content (AvgIpc) is 2.40. The van der Waals surface area contributed by atoms with Crippen LogP contribution in [0.15, 0.2) is 54.9 Å². The van der Waals surface area contributed by atoms with E-state index in [0.29, 0.717) is 6.33 Å². The van der Waals surface area contributed by atoms with Gasteiger partial charge in [0.15, 0.2) is 0 Å². The lowest BCUT2D eigenvalue weighted by atomic mass is 10.0. The summed E-state index contributed by atoms with van der Waals surface area (Å²) in [6.07, 6.45) is 1.97. The van der Waals surface area contributed by atoms with E-state index in [1.807, 2.05) is 48.5 Å². The fraction of sp³-hybridized carbons (Fsp3) is 0.0667. The van der Waals surface area contributed by atoms with E-state index >= 15 is 0 Å². The molecule has 0 aliphatic rings. The van der Waals surface area contributed by atoms with Crippen molar-refractivity contribution in [2.45, 2.75) is 0 Å². The molecule has 0 radical (unpaired) electrons. The molecule has 0 fully saturated rings. The normalized spacial score (nSPS) is 10.7. The largest absolute Gasteiger partial charge is 0.497 e. The maximum Gasteiger partial charge on any atom is 0.118 e. The van der Waals surface area contributed by atoms with Crippen molar-refractivity contribution in [3.8, 4) is 16.9 Å². The quantitative estimate of drug-likeness (QED) is 0.761. The number of methoxy groups -OCH3 is 1. The first-order valence-electron chi connectivity index (χ1n) is 5.35. The molecule has 2 aromatic rings. The van der Waals surface area contributed by atoms with Gasteiger partial charge in [0, 0.05) is 0 Å². The molecule has 0 aliphatic carbocycles. The second-order valence-electron chi connectivity index (χ2n) is 3.64. The summed E-state index contributed by atoms with van der Waals surface area (Å²) >= 11 is 0. The molecule has 0 N–H and O–H groups in total. The zero-order valence-electron chi connectivity index (χ0n) is 9.56. The molecule has 0 amide bonds. The van der Waals surface area contributed by atoms with E-state index in [2.05, 4.69) is 0 Å². The highest BCUT2D eigenvalue weighted by Crippen LogP contribution is 2.22. The minimum absolute atomic E-state index is 0.544. The number of hydrogen-bond acceptors (Lipinski definition) is 1. The molecule has 86 valence electrons. The van der Waals surface area contributed by atoms with Gasteiger partial charge in [0.2, 0.25) is 0 Å². The van der Waals surface area contributed by atoms with Crippen LogP contribution in [0.5, 0.6) is 5.75 Å². The Hall–Kier alpha value is -2.09. The van der Waals surface area contributed by atoms with Crippen molar-refractivity contribution >= 4 is 6.08 Å². The van der Waals surface area contributed by atoms with Gasteiger partial charge in [-0.25, -0.2) is 4.39 Å². The molecule has 0 unspecified atom stereocenters. The number of benzene rings is 2. The van der Waals surface area contributed by atoms with E-state index in [1.54, 1.807) is 7.11 Å². The predicted molar refractivity (Wildman–Crippen MR) is 68.6 cm³/mol. The van der Waals surface area contributed by atoms with E-state index < -0.39 is 0 Å². The summed E-state index contributed by atoms with van der Waals surface area (Å²) < 4.78 is 17.1. The molecule has 0 saturated heterocycles. The van der Waals surface area contributed by atoms with Gasteiger partial charge in [-0.3, -0.25) is 0 Å². The number of hydrogen-bond donors (Lipinski definition) is 0. The van der Waals surface area contributed by atoms with Crippen molar-refractivity contribution in [1.82, 2.24) is 0 Å². The lowest BCUT2D eigenvalue weighted by Crippen LogP contribution is -1.82. The van der Waals surface area contributed by atoms with Gasteiger partial charge in [0.1, 0.15) is 5.75 Å². The summed E-state index contributed by atoms with van der Waals surface area (Å²) in [6, 6.07) is 15.5. The Balaban J connectivity index is 2.26. The van der Waals surface area contributed by atoms with Gasteiger partial charge in [-0.2, -0.15) is 0 Å². The first kappa shape index (κ1) is 11.4. The molecule has 0 aliphatic heterocycles. The fourth-order valence-corrected chi connectivity index (χ4v) is 1.64. The van der Waals surface area contributed by atoms with Crippen LogP contribution in [0.1, 0.15) is 5.56 Å². The molecule has 2 aromatic carbocycles. The predicted octanol–water partition coefficient (Wildman–Crippen LogP) is 4.30. The van der Waals surface area contributed by atoms with Gasteiger partial charge < -0.3 is 4.74 Å². The third kappa shape index (κ3) is 2.72. The monoisotopic (exact) mass is 228 g/mol. The molecule has 0 heterocycles. The summed E-state index contributed by atoms with van der Waals surface area (Å²) in [5.41, 5.74) is 3.06. The molecular weight excluding hydrogens is 215 g/mol. The lowest BCUT2D eigenvalue weighted by molar-refractivity contribution is 0.415. The summed E-state index contributed by atoms with van der Waals surface area (Å²) in [7, 11) is 1.65. The van der Waals surface area contributed by atoms with Crippen LogP contribution in [0.2, 0.25) is 0 Å². The van der Waals surface area contributed by atoms with Crippen molar-refractivity contribution in [3.63, 3.8) is 0 Å². The van der Waals surface area contributed by atoms with Crippen LogP contribution in [0, 0.1) is 0 Å². The van der Waals surface area contributed by atoms with E-state index in [-0.39, 0.29) is 0 Å². The van der Waals surface area contributed by atoms with E-state index in [9.17, 15) is 4.39 Å². The summed E-state index contributed by atoms with van der Waals surface area (Å²) in [4.78, 5) is 0. The van der Waals surface area contributed by atoms with Gasteiger partial charge in [-0.05, 0) is 34.9 Å². The van der Waals surface area contributed by atoms with Crippen molar-refractivity contribution < 1.29 is 9.13 Å². The molecule has 17 heavy (non-hydrogen) atoms. The lowest BCUT2D eigenvalue weighted by Gasteiger charge is -2.04. The molecule has 1 nitrogen and oxygen atoms in total. The minimum atomic E-state index is 0.544. The van der Waals surface area contributed by atoms with Crippen LogP contribution in [0.25, 0.3) is 17.2 Å². The Morgan fingerprint density at radius 2 is 1.41 bits per heavy atom. The second kappa shape index (κ2) is 5.30. The second-order valence-corrected chi connectivity index (χ2v) is 3.64. The topological polar surface area (TPSA) is 9.23 Å². The van der Waals surface area contributed by atoms with Crippen molar-refractivity contribution in [1.29, 1.82) is 0 Å². The Kier molecular flexibility index (Phi) is 3.55. The van der Waals surface area contributed by atoms with Gasteiger partial charge >= 0.3 is 0 Å². The van der Waals surface area contributed by atoms with Gasteiger partial charge in [-0.15, -0.1) is 0 Å². The van der Waals surface area contributed by atoms with Crippen molar-refractivity contribution in [3.05, 3.63) is 60.4 Å². The maximum absolute atomic E-state index is 12.0. The summed E-state index contributed by atoms with van der Waals surface area (Å²) in [5, 5.41) is 0. The standard InChI is InChI=1S/C15H13FO/c1-17-15-8-6-14(7-9-15)13-4-2-12(3-5-13)10-11-16/h2-11H,1H3/b11-10+. The zero-order valence-corrected chi connectivity index (χ0v) is 9.56. The highest BCUT2D eigenvalue weighted by Gasteiger charge is 1.97. The zero-order chi connectivity index (χ0) is 12.1. The summed E-state index contributed by atoms with van der Waals surface area (Å²) in [6.45, 7) is 0. The molecule has 0 spiro atoms. The minimum Gasteiger partial charge on any atom is -0.497 e. The number of ether oxygens (including phenoxy) is 1.